The van der Waals surface area contributed by atoms with Crippen LogP contribution < -0.4 is 10.7 Å². The topological polar surface area (TPSA) is 104 Å². The molecule has 142 valence electrons. The number of benzene rings is 1. The summed E-state index contributed by atoms with van der Waals surface area (Å²) in [5.74, 6) is 0.507. The first-order chi connectivity index (χ1) is 12.9. The Morgan fingerprint density at radius 3 is 2.52 bits per heavy atom. The maximum Gasteiger partial charge on any atom is 0.287 e. The van der Waals surface area contributed by atoms with Gasteiger partial charge >= 0.3 is 0 Å². The predicted octanol–water partition coefficient (Wildman–Crippen LogP) is 2.90. The van der Waals surface area contributed by atoms with Gasteiger partial charge in [0.2, 0.25) is 0 Å². The van der Waals surface area contributed by atoms with E-state index in [2.05, 4.69) is 15.8 Å². The lowest BCUT2D eigenvalue weighted by Crippen LogP contribution is -2.30. The predicted molar refractivity (Wildman–Crippen MR) is 101 cm³/mol. The lowest BCUT2D eigenvalue weighted by atomic mass is 9.93. The van der Waals surface area contributed by atoms with Gasteiger partial charge in [0, 0.05) is 29.2 Å². The molecule has 0 saturated carbocycles. The molecule has 0 aliphatic heterocycles. The summed E-state index contributed by atoms with van der Waals surface area (Å²) in [5.41, 5.74) is 5.19. The van der Waals surface area contributed by atoms with E-state index >= 15 is 0 Å². The number of fused-ring (bicyclic) bond motifs is 1. The van der Waals surface area contributed by atoms with Crippen LogP contribution >= 0.6 is 0 Å². The van der Waals surface area contributed by atoms with Gasteiger partial charge in [-0.3, -0.25) is 9.59 Å². The fourth-order valence-corrected chi connectivity index (χ4v) is 3.12. The molecule has 0 unspecified atom stereocenters. The Bertz CT molecular complexity index is 895. The number of carbonyl (C=O) groups excluding carboxylic acids is 2. The fraction of sp³-hybridized carbons (Fsp3) is 0.350. The highest BCUT2D eigenvalue weighted by atomic mass is 16.4. The number of phenolic OH excluding ortho intramolecular Hbond substituents is 1. The van der Waals surface area contributed by atoms with Gasteiger partial charge in [-0.05, 0) is 57.9 Å². The number of carbonyl (C=O) groups is 2. The van der Waals surface area contributed by atoms with Gasteiger partial charge in [0.15, 0.2) is 5.76 Å². The molecule has 1 aliphatic rings. The Hall–Kier alpha value is -3.09. The van der Waals surface area contributed by atoms with E-state index in [1.54, 1.807) is 0 Å². The Morgan fingerprint density at radius 2 is 1.85 bits per heavy atom. The zero-order valence-electron chi connectivity index (χ0n) is 15.6. The molecule has 2 aromatic rings. The molecule has 0 fully saturated rings. The Balaban J connectivity index is 1.84. The second kappa shape index (κ2) is 7.65. The van der Waals surface area contributed by atoms with E-state index in [1.807, 2.05) is 20.8 Å². The molecular formula is C20H23N3O4. The van der Waals surface area contributed by atoms with Crippen molar-refractivity contribution in [3.63, 3.8) is 0 Å². The van der Waals surface area contributed by atoms with Gasteiger partial charge in [0.05, 0.1) is 5.71 Å². The van der Waals surface area contributed by atoms with Crippen LogP contribution in [0.25, 0.3) is 0 Å². The zero-order chi connectivity index (χ0) is 19.6. The molecule has 0 bridgehead atoms. The van der Waals surface area contributed by atoms with Crippen LogP contribution in [-0.2, 0) is 6.42 Å². The molecule has 1 aliphatic carbocycles. The van der Waals surface area contributed by atoms with E-state index in [0.29, 0.717) is 23.5 Å². The number of nitrogens with zero attached hydrogens (tertiary/aromatic N) is 1. The molecule has 27 heavy (non-hydrogen) atoms. The number of aromatic hydroxyl groups is 1. The molecular weight excluding hydrogens is 346 g/mol. The van der Waals surface area contributed by atoms with E-state index in [-0.39, 0.29) is 23.6 Å². The first kappa shape index (κ1) is 18.7. The highest BCUT2D eigenvalue weighted by molar-refractivity contribution is 6.07. The Labute approximate surface area is 157 Å². The SMILES string of the molecule is Cc1c(C(=O)NC(C)C)oc2c1/C(=N/NC(=O)c1ccc(O)cc1)CCC2. The van der Waals surface area contributed by atoms with Crippen LogP contribution in [0.3, 0.4) is 0 Å². The first-order valence-corrected chi connectivity index (χ1v) is 8.96. The van der Waals surface area contributed by atoms with Gasteiger partial charge in [-0.1, -0.05) is 0 Å². The molecule has 3 rings (SSSR count). The summed E-state index contributed by atoms with van der Waals surface area (Å²) in [6.07, 6.45) is 2.25. The number of hydrazone groups is 1. The molecule has 2 amide bonds. The standard InChI is InChI=1S/C20H23N3O4/c1-11(2)21-20(26)18-12(3)17-15(5-4-6-16(17)27-18)22-23-19(25)13-7-9-14(24)10-8-13/h7-11,24H,4-6H2,1-3H3,(H,21,26)(H,23,25)/b22-15+. The first-order valence-electron chi connectivity index (χ1n) is 8.96. The molecule has 7 heteroatoms. The normalized spacial score (nSPS) is 14.9. The summed E-state index contributed by atoms with van der Waals surface area (Å²) in [5, 5.41) is 16.4. The van der Waals surface area contributed by atoms with Crippen molar-refractivity contribution in [2.24, 2.45) is 5.10 Å². The average Bonchev–Trinajstić information content (AvgIpc) is 2.97. The minimum atomic E-state index is -0.367. The average molecular weight is 369 g/mol. The number of hydrogen-bond acceptors (Lipinski definition) is 5. The van der Waals surface area contributed by atoms with Crippen LogP contribution in [0.2, 0.25) is 0 Å². The van der Waals surface area contributed by atoms with E-state index < -0.39 is 0 Å². The second-order valence-corrected chi connectivity index (χ2v) is 6.88. The summed E-state index contributed by atoms with van der Waals surface area (Å²) < 4.78 is 5.80. The minimum Gasteiger partial charge on any atom is -0.508 e. The van der Waals surface area contributed by atoms with Gasteiger partial charge in [-0.2, -0.15) is 5.10 Å². The van der Waals surface area contributed by atoms with Crippen LogP contribution in [0.15, 0.2) is 33.8 Å². The van der Waals surface area contributed by atoms with Crippen LogP contribution in [-0.4, -0.2) is 28.7 Å². The highest BCUT2D eigenvalue weighted by Crippen LogP contribution is 2.30. The van der Waals surface area contributed by atoms with Crippen molar-refractivity contribution in [3.8, 4) is 5.75 Å². The lowest BCUT2D eigenvalue weighted by Gasteiger charge is -2.13. The highest BCUT2D eigenvalue weighted by Gasteiger charge is 2.28. The molecule has 1 aromatic carbocycles. The summed E-state index contributed by atoms with van der Waals surface area (Å²) >= 11 is 0. The monoisotopic (exact) mass is 369 g/mol. The third-order valence-corrected chi connectivity index (χ3v) is 4.37. The van der Waals surface area contributed by atoms with Crippen molar-refractivity contribution in [1.82, 2.24) is 10.7 Å². The van der Waals surface area contributed by atoms with Crippen LogP contribution in [0.4, 0.5) is 0 Å². The van der Waals surface area contributed by atoms with Gasteiger partial charge in [-0.15, -0.1) is 0 Å². The Kier molecular flexibility index (Phi) is 5.30. The molecule has 1 heterocycles. The third-order valence-electron chi connectivity index (χ3n) is 4.37. The summed E-state index contributed by atoms with van der Waals surface area (Å²) in [7, 11) is 0. The van der Waals surface area contributed by atoms with E-state index in [9.17, 15) is 14.7 Å². The maximum absolute atomic E-state index is 12.3. The number of nitrogens with one attached hydrogen (secondary N) is 2. The molecule has 0 saturated heterocycles. The molecule has 0 radical (unpaired) electrons. The largest absolute Gasteiger partial charge is 0.508 e. The molecule has 0 atom stereocenters. The number of furan rings is 1. The van der Waals surface area contributed by atoms with Gasteiger partial charge < -0.3 is 14.8 Å². The van der Waals surface area contributed by atoms with Crippen LogP contribution in [0.5, 0.6) is 5.75 Å². The molecule has 3 N–H and O–H groups in total. The van der Waals surface area contributed by atoms with Crippen molar-refractivity contribution >= 4 is 17.5 Å². The number of hydrogen-bond donors (Lipinski definition) is 3. The van der Waals surface area contributed by atoms with Gasteiger partial charge in [0.25, 0.3) is 11.8 Å². The zero-order valence-corrected chi connectivity index (χ0v) is 15.6. The summed E-state index contributed by atoms with van der Waals surface area (Å²) in [6.45, 7) is 5.61. The quantitative estimate of drug-likeness (QED) is 0.721. The fourth-order valence-electron chi connectivity index (χ4n) is 3.12. The van der Waals surface area contributed by atoms with Crippen molar-refractivity contribution < 1.29 is 19.1 Å². The molecule has 0 spiro atoms. The smallest absolute Gasteiger partial charge is 0.287 e. The minimum absolute atomic E-state index is 0.0109. The second-order valence-electron chi connectivity index (χ2n) is 6.88. The van der Waals surface area contributed by atoms with Crippen LogP contribution in [0, 0.1) is 6.92 Å². The van der Waals surface area contributed by atoms with Crippen molar-refractivity contribution in [2.45, 2.75) is 46.1 Å². The van der Waals surface area contributed by atoms with Crippen molar-refractivity contribution in [1.29, 1.82) is 0 Å². The van der Waals surface area contributed by atoms with Crippen LogP contribution in [0.1, 0.15) is 64.5 Å². The summed E-state index contributed by atoms with van der Waals surface area (Å²) in [6, 6.07) is 5.95. The van der Waals surface area contributed by atoms with E-state index in [1.165, 1.54) is 24.3 Å². The van der Waals surface area contributed by atoms with E-state index in [0.717, 1.165) is 29.7 Å². The molecule has 7 nitrogen and oxygen atoms in total. The van der Waals surface area contributed by atoms with Gasteiger partial charge in [-0.25, -0.2) is 5.43 Å². The van der Waals surface area contributed by atoms with Gasteiger partial charge in [0.1, 0.15) is 11.5 Å². The Morgan fingerprint density at radius 1 is 1.15 bits per heavy atom. The number of amides is 2. The molecule has 1 aromatic heterocycles. The van der Waals surface area contributed by atoms with Crippen molar-refractivity contribution in [3.05, 3.63) is 52.5 Å². The van der Waals surface area contributed by atoms with Crippen molar-refractivity contribution in [2.75, 3.05) is 0 Å². The number of rotatable bonds is 4. The third kappa shape index (κ3) is 4.02. The number of aryl methyl sites for hydroxylation is 1. The lowest BCUT2D eigenvalue weighted by molar-refractivity contribution is 0.0911. The summed E-state index contributed by atoms with van der Waals surface area (Å²) in [4.78, 5) is 24.6. The van der Waals surface area contributed by atoms with E-state index in [4.69, 9.17) is 4.42 Å². The number of phenols is 1. The maximum atomic E-state index is 12.3.